The van der Waals surface area contributed by atoms with Gasteiger partial charge in [0.15, 0.2) is 6.79 Å². The van der Waals surface area contributed by atoms with E-state index in [2.05, 4.69) is 0 Å². The van der Waals surface area contributed by atoms with Gasteiger partial charge in [0.25, 0.3) is 0 Å². The van der Waals surface area contributed by atoms with Crippen molar-refractivity contribution in [2.75, 3.05) is 26.8 Å². The van der Waals surface area contributed by atoms with Crippen LogP contribution in [0.3, 0.4) is 0 Å². The lowest BCUT2D eigenvalue weighted by molar-refractivity contribution is -0.0572. The highest BCUT2D eigenvalue weighted by atomic mass is 16.7. The van der Waals surface area contributed by atoms with Crippen molar-refractivity contribution in [1.82, 2.24) is 0 Å². The van der Waals surface area contributed by atoms with Gasteiger partial charge in [-0.1, -0.05) is 12.1 Å². The van der Waals surface area contributed by atoms with E-state index in [4.69, 9.17) is 18.9 Å². The van der Waals surface area contributed by atoms with E-state index >= 15 is 0 Å². The average molecular weight is 240 g/mol. The smallest absolute Gasteiger partial charge is 0.189 e. The Labute approximate surface area is 102 Å². The molecule has 0 amide bonds. The molecular formula is C13H20O4. The van der Waals surface area contributed by atoms with Crippen molar-refractivity contribution in [3.8, 4) is 5.75 Å². The average Bonchev–Trinajstić information content (AvgIpc) is 2.36. The van der Waals surface area contributed by atoms with Crippen LogP contribution in [-0.2, 0) is 20.8 Å². The molecule has 0 atom stereocenters. The van der Waals surface area contributed by atoms with Crippen LogP contribution in [0.15, 0.2) is 24.3 Å². The van der Waals surface area contributed by atoms with Crippen LogP contribution < -0.4 is 4.74 Å². The van der Waals surface area contributed by atoms with Gasteiger partial charge in [-0.3, -0.25) is 0 Å². The second kappa shape index (κ2) is 8.98. The van der Waals surface area contributed by atoms with Crippen LogP contribution >= 0.6 is 0 Å². The Kier molecular flexibility index (Phi) is 7.38. The third-order valence-corrected chi connectivity index (χ3v) is 2.05. The Balaban J connectivity index is 2.31. The van der Waals surface area contributed by atoms with Gasteiger partial charge in [-0.2, -0.15) is 0 Å². The van der Waals surface area contributed by atoms with Crippen molar-refractivity contribution in [2.45, 2.75) is 20.5 Å². The molecule has 96 valence electrons. The van der Waals surface area contributed by atoms with Gasteiger partial charge in [0.1, 0.15) is 12.5 Å². The van der Waals surface area contributed by atoms with Crippen LogP contribution in [0, 0.1) is 0 Å². The summed E-state index contributed by atoms with van der Waals surface area (Å²) in [6, 6.07) is 7.75. The summed E-state index contributed by atoms with van der Waals surface area (Å²) in [5.41, 5.74) is 1.05. The fraction of sp³-hybridized carbons (Fsp3) is 0.538. The molecule has 0 N–H and O–H groups in total. The number of hydrogen-bond donors (Lipinski definition) is 0. The Morgan fingerprint density at radius 2 is 1.71 bits per heavy atom. The normalized spacial score (nSPS) is 10.5. The molecule has 0 aliphatic heterocycles. The summed E-state index contributed by atoms with van der Waals surface area (Å²) >= 11 is 0. The van der Waals surface area contributed by atoms with Crippen LogP contribution in [0.25, 0.3) is 0 Å². The maximum absolute atomic E-state index is 5.41. The summed E-state index contributed by atoms with van der Waals surface area (Å²) in [6.45, 7) is 6.30. The van der Waals surface area contributed by atoms with Crippen molar-refractivity contribution < 1.29 is 18.9 Å². The molecule has 1 aromatic carbocycles. The highest BCUT2D eigenvalue weighted by molar-refractivity contribution is 5.27. The zero-order chi connectivity index (χ0) is 12.3. The van der Waals surface area contributed by atoms with Crippen LogP contribution in [0.5, 0.6) is 5.75 Å². The van der Waals surface area contributed by atoms with E-state index in [1.807, 2.05) is 38.1 Å². The molecule has 1 aromatic rings. The van der Waals surface area contributed by atoms with E-state index in [0.717, 1.165) is 11.3 Å². The summed E-state index contributed by atoms with van der Waals surface area (Å²) in [6.07, 6.45) is 0. The zero-order valence-electron chi connectivity index (χ0n) is 10.5. The lowest BCUT2D eigenvalue weighted by Crippen LogP contribution is -2.03. The van der Waals surface area contributed by atoms with Gasteiger partial charge in [-0.15, -0.1) is 0 Å². The third-order valence-electron chi connectivity index (χ3n) is 2.05. The molecule has 0 radical (unpaired) electrons. The fourth-order valence-corrected chi connectivity index (χ4v) is 1.22. The molecule has 0 unspecified atom stereocenters. The van der Waals surface area contributed by atoms with E-state index in [1.54, 1.807) is 0 Å². The van der Waals surface area contributed by atoms with Crippen molar-refractivity contribution >= 4 is 0 Å². The fourth-order valence-electron chi connectivity index (χ4n) is 1.22. The van der Waals surface area contributed by atoms with Crippen LogP contribution in [0.2, 0.25) is 0 Å². The van der Waals surface area contributed by atoms with E-state index in [1.165, 1.54) is 0 Å². The standard InChI is InChI=1S/C13H20O4/c1-3-14-10-16-9-12-6-5-7-13(8-12)17-11-15-4-2/h5-8H,3-4,9-11H2,1-2H3. The minimum absolute atomic E-state index is 0.278. The second-order valence-corrected chi connectivity index (χ2v) is 3.36. The molecule has 0 spiro atoms. The maximum Gasteiger partial charge on any atom is 0.189 e. The van der Waals surface area contributed by atoms with Crippen LogP contribution in [0.1, 0.15) is 19.4 Å². The topological polar surface area (TPSA) is 36.9 Å². The van der Waals surface area contributed by atoms with E-state index in [9.17, 15) is 0 Å². The quantitative estimate of drug-likeness (QED) is 0.491. The molecule has 0 aromatic heterocycles. The number of hydrogen-bond acceptors (Lipinski definition) is 4. The van der Waals surface area contributed by atoms with Gasteiger partial charge in [0.05, 0.1) is 6.61 Å². The lowest BCUT2D eigenvalue weighted by atomic mass is 10.2. The van der Waals surface area contributed by atoms with Crippen LogP contribution in [0.4, 0.5) is 0 Å². The van der Waals surface area contributed by atoms with Crippen LogP contribution in [-0.4, -0.2) is 26.8 Å². The zero-order valence-corrected chi connectivity index (χ0v) is 10.5. The minimum Gasteiger partial charge on any atom is -0.468 e. The maximum atomic E-state index is 5.41. The van der Waals surface area contributed by atoms with E-state index in [-0.39, 0.29) is 6.79 Å². The molecule has 4 nitrogen and oxygen atoms in total. The predicted molar refractivity (Wildman–Crippen MR) is 64.8 cm³/mol. The summed E-state index contributed by atoms with van der Waals surface area (Å²) in [7, 11) is 0. The highest BCUT2D eigenvalue weighted by Crippen LogP contribution is 2.14. The van der Waals surface area contributed by atoms with E-state index in [0.29, 0.717) is 26.6 Å². The molecule has 0 bridgehead atoms. The molecule has 1 rings (SSSR count). The second-order valence-electron chi connectivity index (χ2n) is 3.36. The number of benzene rings is 1. The first kappa shape index (κ1) is 14.0. The molecular weight excluding hydrogens is 220 g/mol. The molecule has 4 heteroatoms. The first-order valence-corrected chi connectivity index (χ1v) is 5.81. The highest BCUT2D eigenvalue weighted by Gasteiger charge is 1.97. The SMILES string of the molecule is CCOCOCc1cccc(OCOCC)c1. The molecule has 17 heavy (non-hydrogen) atoms. The summed E-state index contributed by atoms with van der Waals surface area (Å²) in [5.74, 6) is 0.788. The van der Waals surface area contributed by atoms with Gasteiger partial charge in [-0.05, 0) is 31.5 Å². The Bertz CT molecular complexity index is 301. The van der Waals surface area contributed by atoms with Gasteiger partial charge in [-0.25, -0.2) is 0 Å². The third kappa shape index (κ3) is 6.26. The summed E-state index contributed by atoms with van der Waals surface area (Å²) in [5, 5.41) is 0. The van der Waals surface area contributed by atoms with Crippen molar-refractivity contribution in [1.29, 1.82) is 0 Å². The van der Waals surface area contributed by atoms with Crippen molar-refractivity contribution in [3.05, 3.63) is 29.8 Å². The Hall–Kier alpha value is -1.10. The number of ether oxygens (including phenoxy) is 4. The van der Waals surface area contributed by atoms with Crippen molar-refractivity contribution in [2.24, 2.45) is 0 Å². The lowest BCUT2D eigenvalue weighted by Gasteiger charge is -2.08. The first-order valence-electron chi connectivity index (χ1n) is 5.81. The van der Waals surface area contributed by atoms with E-state index < -0.39 is 0 Å². The van der Waals surface area contributed by atoms with Gasteiger partial charge < -0.3 is 18.9 Å². The minimum atomic E-state index is 0.278. The van der Waals surface area contributed by atoms with Gasteiger partial charge >= 0.3 is 0 Å². The van der Waals surface area contributed by atoms with Gasteiger partial charge in [0, 0.05) is 13.2 Å². The Morgan fingerprint density at radius 1 is 0.941 bits per heavy atom. The monoisotopic (exact) mass is 240 g/mol. The summed E-state index contributed by atoms with van der Waals surface area (Å²) in [4.78, 5) is 0. The van der Waals surface area contributed by atoms with Crippen molar-refractivity contribution in [3.63, 3.8) is 0 Å². The predicted octanol–water partition coefficient (Wildman–Crippen LogP) is 2.57. The van der Waals surface area contributed by atoms with Gasteiger partial charge in [0.2, 0.25) is 0 Å². The molecule has 0 heterocycles. The molecule has 0 saturated heterocycles. The summed E-state index contributed by atoms with van der Waals surface area (Å²) < 4.78 is 20.9. The molecule has 0 fully saturated rings. The Morgan fingerprint density at radius 3 is 2.47 bits per heavy atom. The molecule has 0 aliphatic rings. The molecule has 0 aliphatic carbocycles. The molecule has 0 saturated carbocycles. The number of rotatable bonds is 9. The first-order chi connectivity index (χ1) is 8.36. The largest absolute Gasteiger partial charge is 0.468 e.